The predicted octanol–water partition coefficient (Wildman–Crippen LogP) is 3.15. The molecule has 35 heavy (non-hydrogen) atoms. The Kier molecular flexibility index (Phi) is 6.82. The summed E-state index contributed by atoms with van der Waals surface area (Å²) in [5.41, 5.74) is 1.00. The van der Waals surface area contributed by atoms with Gasteiger partial charge in [-0.1, -0.05) is 11.6 Å². The number of amides is 1. The molecule has 2 aliphatic rings. The van der Waals surface area contributed by atoms with E-state index in [1.807, 2.05) is 57.6 Å². The van der Waals surface area contributed by atoms with Gasteiger partial charge in [0.1, 0.15) is 19.6 Å². The van der Waals surface area contributed by atoms with Gasteiger partial charge in [-0.05, 0) is 67.1 Å². The first kappa shape index (κ1) is 24.9. The topological polar surface area (TPSA) is 61.8 Å². The Morgan fingerprint density at radius 2 is 2.00 bits per heavy atom. The number of amidine groups is 1. The molecule has 0 radical (unpaired) electrons. The molecule has 1 amide bonds. The van der Waals surface area contributed by atoms with Crippen LogP contribution in [0, 0.1) is 0 Å². The Morgan fingerprint density at radius 1 is 1.23 bits per heavy atom. The van der Waals surface area contributed by atoms with E-state index in [2.05, 4.69) is 4.90 Å². The van der Waals surface area contributed by atoms with Gasteiger partial charge < -0.3 is 4.90 Å². The number of benzene rings is 1. The van der Waals surface area contributed by atoms with E-state index in [-0.39, 0.29) is 17.5 Å². The highest BCUT2D eigenvalue weighted by molar-refractivity contribution is 8.23. The number of hydrogen-bond donors (Lipinski definition) is 0. The summed E-state index contributed by atoms with van der Waals surface area (Å²) in [5.74, 6) is 0.854. The van der Waals surface area contributed by atoms with Crippen LogP contribution >= 0.6 is 57.8 Å². The Hall–Kier alpha value is -1.79. The number of aliphatic imine (C=N–C) groups is 1. The monoisotopic (exact) mass is 566 g/mol. The van der Waals surface area contributed by atoms with Crippen molar-refractivity contribution in [1.82, 2.24) is 14.4 Å². The largest absolute Gasteiger partial charge is 0.385 e. The van der Waals surface area contributed by atoms with Crippen LogP contribution in [0.15, 0.2) is 28.0 Å². The second kappa shape index (κ2) is 9.59. The molecule has 0 bridgehead atoms. The van der Waals surface area contributed by atoms with Crippen molar-refractivity contribution in [1.29, 1.82) is 0 Å². The van der Waals surface area contributed by atoms with Gasteiger partial charge >= 0.3 is 5.13 Å². The van der Waals surface area contributed by atoms with Crippen molar-refractivity contribution in [3.8, 4) is 0 Å². The number of aromatic nitrogens is 2. The molecule has 3 aromatic rings. The third-order valence-corrected chi connectivity index (χ3v) is 10.9. The molecular weight excluding hydrogens is 542 g/mol. The summed E-state index contributed by atoms with van der Waals surface area (Å²) in [6, 6.07) is 5.70. The average molecular weight is 567 g/mol. The molecule has 2 aromatic heterocycles. The molecule has 5 rings (SSSR count). The fourth-order valence-corrected chi connectivity index (χ4v) is 9.30. The third kappa shape index (κ3) is 4.25. The zero-order valence-electron chi connectivity index (χ0n) is 20.0. The van der Waals surface area contributed by atoms with Crippen LogP contribution in [0.25, 0.3) is 20.2 Å². The van der Waals surface area contributed by atoms with Crippen LogP contribution in [-0.4, -0.2) is 50.8 Å². The Bertz CT molecular complexity index is 1570. The van der Waals surface area contributed by atoms with Crippen molar-refractivity contribution in [2.45, 2.75) is 33.4 Å². The third-order valence-electron chi connectivity index (χ3n) is 5.89. The van der Waals surface area contributed by atoms with Gasteiger partial charge in [0.05, 0.1) is 16.8 Å². The zero-order valence-corrected chi connectivity index (χ0v) is 24.0. The number of nitrogens with zero attached hydrogens (tertiary/aromatic N) is 5. The lowest BCUT2D eigenvalue weighted by molar-refractivity contribution is -0.627. The Morgan fingerprint density at radius 3 is 2.66 bits per heavy atom. The van der Waals surface area contributed by atoms with Crippen LogP contribution < -0.4 is 19.3 Å². The molecule has 2 saturated heterocycles. The van der Waals surface area contributed by atoms with Crippen LogP contribution in [0.4, 0.5) is 5.13 Å². The molecule has 0 unspecified atom stereocenters. The molecule has 4 heterocycles. The maximum Gasteiger partial charge on any atom is 0.385 e. The molecular formula is C23H25ClN5O2S4+. The second-order valence-corrected chi connectivity index (χ2v) is 13.0. The number of aryl methyl sites for hydroxylation is 1. The number of thiazole rings is 2. The number of hydrogen-bond acceptors (Lipinski definition) is 8. The number of rotatable bonds is 3. The molecule has 0 aliphatic carbocycles. The number of carbonyl (C=O) groups excluding carboxylic acids is 1. The van der Waals surface area contributed by atoms with Crippen molar-refractivity contribution in [3.63, 3.8) is 0 Å². The average Bonchev–Trinajstić information content (AvgIpc) is 3.53. The van der Waals surface area contributed by atoms with Gasteiger partial charge in [-0.2, -0.15) is 0 Å². The first-order valence-corrected chi connectivity index (χ1v) is 15.0. The maximum atomic E-state index is 13.7. The van der Waals surface area contributed by atoms with E-state index in [0.29, 0.717) is 30.8 Å². The summed E-state index contributed by atoms with van der Waals surface area (Å²) in [6.45, 7) is 7.32. The minimum atomic E-state index is -0.108. The minimum absolute atomic E-state index is 0.0288. The van der Waals surface area contributed by atoms with E-state index in [0.717, 1.165) is 32.7 Å². The van der Waals surface area contributed by atoms with E-state index >= 15 is 0 Å². The van der Waals surface area contributed by atoms with Crippen LogP contribution in [0.1, 0.15) is 20.8 Å². The summed E-state index contributed by atoms with van der Waals surface area (Å²) in [4.78, 5) is 36.3. The summed E-state index contributed by atoms with van der Waals surface area (Å²) >= 11 is 12.2. The highest BCUT2D eigenvalue weighted by Crippen LogP contribution is 2.36. The fourth-order valence-electron chi connectivity index (χ4n) is 4.08. The number of fused-ring (bicyclic) bond motifs is 1. The van der Waals surface area contributed by atoms with E-state index < -0.39 is 0 Å². The van der Waals surface area contributed by atoms with E-state index in [1.54, 1.807) is 21.2 Å². The lowest BCUT2D eigenvalue weighted by Crippen LogP contribution is -2.37. The fraction of sp³-hybridized carbons (Fsp3) is 0.391. The van der Waals surface area contributed by atoms with E-state index in [1.165, 1.54) is 34.4 Å². The van der Waals surface area contributed by atoms with Crippen LogP contribution in [0.3, 0.4) is 0 Å². The Labute approximate surface area is 224 Å². The van der Waals surface area contributed by atoms with Crippen molar-refractivity contribution >= 4 is 94.2 Å². The molecule has 184 valence electrons. The molecule has 1 aromatic carbocycles. The van der Waals surface area contributed by atoms with Gasteiger partial charge in [0, 0.05) is 37.0 Å². The van der Waals surface area contributed by atoms with Gasteiger partial charge in [0.2, 0.25) is 0 Å². The zero-order chi connectivity index (χ0) is 25.0. The molecule has 7 nitrogen and oxygen atoms in total. The summed E-state index contributed by atoms with van der Waals surface area (Å²) in [7, 11) is 3.97. The lowest BCUT2D eigenvalue weighted by Gasteiger charge is -2.16. The summed E-state index contributed by atoms with van der Waals surface area (Å²) in [6.07, 6.45) is 0. The molecule has 2 fully saturated rings. The van der Waals surface area contributed by atoms with Crippen molar-refractivity contribution in [3.05, 3.63) is 42.8 Å². The van der Waals surface area contributed by atoms with Crippen LogP contribution in [-0.2, 0) is 18.4 Å². The maximum absolute atomic E-state index is 13.7. The molecule has 0 N–H and O–H groups in total. The number of halogens is 1. The van der Waals surface area contributed by atoms with Crippen molar-refractivity contribution in [2.24, 2.45) is 12.0 Å². The molecule has 0 atom stereocenters. The van der Waals surface area contributed by atoms with Crippen LogP contribution in [0.5, 0.6) is 0 Å². The second-order valence-electron chi connectivity index (χ2n) is 8.51. The SMILES string of the molecule is CCn1c(=C2SC(=Nc3sc4cc(Cl)ccc4[n+]3C)N(C(C)C)C2=O)sc(=C2SCCN2C)c1=O. The first-order valence-electron chi connectivity index (χ1n) is 11.2. The quantitative estimate of drug-likeness (QED) is 0.456. The van der Waals surface area contributed by atoms with E-state index in [9.17, 15) is 9.59 Å². The molecule has 0 spiro atoms. The standard InChI is InChI=1S/C23H25ClN5O2S4/c1-6-28-18(30)16(20-26(4)9-10-32-20)34-21(28)17-19(31)29(12(2)3)23(35-17)25-22-27(5)14-8-7-13(24)11-15(14)33-22/h7-8,11-12H,6,9-10H2,1-5H3/q+1. The lowest BCUT2D eigenvalue weighted by atomic mass is 10.3. The first-order chi connectivity index (χ1) is 16.7. The smallest absolute Gasteiger partial charge is 0.367 e. The van der Waals surface area contributed by atoms with E-state index in [4.69, 9.17) is 16.6 Å². The van der Waals surface area contributed by atoms with Gasteiger partial charge in [0.15, 0.2) is 0 Å². The number of carbonyl (C=O) groups is 1. The van der Waals surface area contributed by atoms with Gasteiger partial charge in [0.25, 0.3) is 16.6 Å². The van der Waals surface area contributed by atoms with Crippen molar-refractivity contribution in [2.75, 3.05) is 19.3 Å². The molecule has 2 aliphatic heterocycles. The van der Waals surface area contributed by atoms with Gasteiger partial charge in [-0.25, -0.2) is 4.57 Å². The van der Waals surface area contributed by atoms with Crippen molar-refractivity contribution < 1.29 is 9.36 Å². The number of thioether (sulfide) groups is 2. The molecule has 12 heteroatoms. The minimum Gasteiger partial charge on any atom is -0.367 e. The highest BCUT2D eigenvalue weighted by Gasteiger charge is 2.41. The Balaban J connectivity index is 1.70. The predicted molar refractivity (Wildman–Crippen MR) is 150 cm³/mol. The van der Waals surface area contributed by atoms with Gasteiger partial charge in [-0.3, -0.25) is 19.1 Å². The molecule has 0 saturated carbocycles. The normalized spacial score (nSPS) is 21.0. The van der Waals surface area contributed by atoms with Crippen LogP contribution in [0.2, 0.25) is 5.02 Å². The highest BCUT2D eigenvalue weighted by atomic mass is 35.5. The van der Waals surface area contributed by atoms with Gasteiger partial charge in [-0.15, -0.1) is 23.1 Å². The summed E-state index contributed by atoms with van der Waals surface area (Å²) in [5, 5.41) is 3.08. The summed E-state index contributed by atoms with van der Waals surface area (Å²) < 4.78 is 6.19.